The van der Waals surface area contributed by atoms with Gasteiger partial charge in [0.25, 0.3) is 5.56 Å². The molecule has 4 heterocycles. The molecule has 0 spiro atoms. The zero-order valence-electron chi connectivity index (χ0n) is 23.2. The molecule has 0 saturated carbocycles. The van der Waals surface area contributed by atoms with Gasteiger partial charge in [-0.05, 0) is 55.0 Å². The fourth-order valence-electron chi connectivity index (χ4n) is 5.60. The molecule has 0 amide bonds. The molecule has 39 heavy (non-hydrogen) atoms. The molecule has 0 atom stereocenters. The number of rotatable bonds is 6. The molecular formula is C29H34N7O3+. The molecule has 0 bridgehead atoms. The van der Waals surface area contributed by atoms with Crippen LogP contribution in [0.3, 0.4) is 0 Å². The van der Waals surface area contributed by atoms with Crippen molar-refractivity contribution >= 4 is 27.8 Å². The Morgan fingerprint density at radius 3 is 2.51 bits per heavy atom. The molecule has 1 fully saturated rings. The lowest BCUT2D eigenvalue weighted by Crippen LogP contribution is -2.51. The normalized spacial score (nSPS) is 13.6. The number of piperidine rings is 1. The molecule has 1 saturated heterocycles. The van der Waals surface area contributed by atoms with E-state index in [4.69, 9.17) is 9.82 Å². The van der Waals surface area contributed by atoms with E-state index in [1.165, 1.54) is 16.2 Å². The van der Waals surface area contributed by atoms with Gasteiger partial charge in [0.15, 0.2) is 11.2 Å². The zero-order chi connectivity index (χ0) is 27.8. The van der Waals surface area contributed by atoms with Crippen LogP contribution in [0.2, 0.25) is 0 Å². The molecule has 202 valence electrons. The van der Waals surface area contributed by atoms with Gasteiger partial charge in [-0.3, -0.25) is 9.36 Å². The minimum atomic E-state index is -0.510. The summed E-state index contributed by atoms with van der Waals surface area (Å²) in [6, 6.07) is 10.0. The summed E-state index contributed by atoms with van der Waals surface area (Å²) in [6.07, 6.45) is 5.20. The van der Waals surface area contributed by atoms with Crippen molar-refractivity contribution in [3.63, 3.8) is 0 Å². The van der Waals surface area contributed by atoms with Crippen molar-refractivity contribution in [3.05, 3.63) is 73.8 Å². The molecule has 0 N–H and O–H groups in total. The van der Waals surface area contributed by atoms with Gasteiger partial charge < -0.3 is 14.3 Å². The van der Waals surface area contributed by atoms with Crippen LogP contribution in [0.1, 0.15) is 50.2 Å². The zero-order valence-corrected chi connectivity index (χ0v) is 23.2. The molecule has 0 radical (unpaired) electrons. The molecule has 10 heteroatoms. The number of benzene rings is 1. The van der Waals surface area contributed by atoms with E-state index < -0.39 is 11.2 Å². The van der Waals surface area contributed by atoms with Crippen LogP contribution in [0.4, 0.5) is 5.82 Å². The van der Waals surface area contributed by atoms with Crippen LogP contribution in [-0.2, 0) is 20.1 Å². The van der Waals surface area contributed by atoms with Crippen molar-refractivity contribution in [2.75, 3.05) is 25.1 Å². The second kappa shape index (κ2) is 10.4. The van der Waals surface area contributed by atoms with Crippen molar-refractivity contribution in [1.82, 2.24) is 18.7 Å². The maximum atomic E-state index is 14.2. The topological polar surface area (TPSA) is 102 Å². The summed E-state index contributed by atoms with van der Waals surface area (Å²) in [5.41, 5.74) is 2.77. The number of para-hydroxylation sites is 1. The van der Waals surface area contributed by atoms with Gasteiger partial charge in [-0.15, -0.1) is 0 Å². The standard InChI is InChI=1S/C29H34N7O3/c1-19(2)13-16-34-26-25(22(17-30)27(34)33-14-9-6-10-15-33)32(4)29(38)35(28(26)37)18-24-31-23-12-8-7-11-21(23)20(3)36(24)39-5/h7-8,11-13H,6,9-10,14-16,18H2,1-5H3/q+1. The minimum absolute atomic E-state index is 0.0876. The third-order valence-corrected chi connectivity index (χ3v) is 7.53. The monoisotopic (exact) mass is 528 g/mol. The molecule has 1 aliphatic rings. The Bertz CT molecular complexity index is 1780. The molecule has 4 aromatic rings. The first-order chi connectivity index (χ1) is 18.8. The van der Waals surface area contributed by atoms with Crippen molar-refractivity contribution in [3.8, 4) is 6.07 Å². The molecule has 10 nitrogen and oxygen atoms in total. The van der Waals surface area contributed by atoms with E-state index >= 15 is 0 Å². The number of nitrogens with zero attached hydrogens (tertiary/aromatic N) is 7. The predicted molar refractivity (Wildman–Crippen MR) is 150 cm³/mol. The van der Waals surface area contributed by atoms with Crippen LogP contribution in [0.15, 0.2) is 45.5 Å². The lowest BCUT2D eigenvalue weighted by atomic mass is 10.1. The van der Waals surface area contributed by atoms with E-state index in [0.717, 1.165) is 54.5 Å². The lowest BCUT2D eigenvalue weighted by Gasteiger charge is -2.30. The number of nitriles is 1. The minimum Gasteiger partial charge on any atom is -0.357 e. The third-order valence-electron chi connectivity index (χ3n) is 7.53. The Morgan fingerprint density at radius 1 is 1.13 bits per heavy atom. The fourth-order valence-corrected chi connectivity index (χ4v) is 5.60. The summed E-state index contributed by atoms with van der Waals surface area (Å²) in [5.74, 6) is 1.13. The molecule has 3 aromatic heterocycles. The number of fused-ring (bicyclic) bond motifs is 2. The van der Waals surface area contributed by atoms with E-state index in [0.29, 0.717) is 34.8 Å². The quantitative estimate of drug-likeness (QED) is 0.282. The Balaban J connectivity index is 1.80. The highest BCUT2D eigenvalue weighted by Gasteiger charge is 2.30. The summed E-state index contributed by atoms with van der Waals surface area (Å²) in [7, 11) is 3.15. The summed E-state index contributed by atoms with van der Waals surface area (Å²) >= 11 is 0. The summed E-state index contributed by atoms with van der Waals surface area (Å²) in [4.78, 5) is 40.4. The Labute approximate surface area is 226 Å². The van der Waals surface area contributed by atoms with Gasteiger partial charge >= 0.3 is 11.5 Å². The van der Waals surface area contributed by atoms with Gasteiger partial charge in [0.1, 0.15) is 36.6 Å². The van der Waals surface area contributed by atoms with Crippen molar-refractivity contribution in [2.45, 2.75) is 53.1 Å². The number of anilines is 1. The molecule has 0 unspecified atom stereocenters. The fraction of sp³-hybridized carbons (Fsp3) is 0.414. The van der Waals surface area contributed by atoms with E-state index in [1.807, 2.05) is 55.7 Å². The average molecular weight is 529 g/mol. The Hall–Kier alpha value is -4.39. The highest BCUT2D eigenvalue weighted by atomic mass is 16.6. The summed E-state index contributed by atoms with van der Waals surface area (Å²) in [5, 5.41) is 11.2. The van der Waals surface area contributed by atoms with Gasteiger partial charge in [0, 0.05) is 33.6 Å². The van der Waals surface area contributed by atoms with E-state index in [1.54, 1.807) is 11.8 Å². The Morgan fingerprint density at radius 2 is 1.85 bits per heavy atom. The van der Waals surface area contributed by atoms with Crippen molar-refractivity contribution in [2.24, 2.45) is 7.05 Å². The van der Waals surface area contributed by atoms with E-state index in [2.05, 4.69) is 11.0 Å². The number of allylic oxidation sites excluding steroid dienone is 2. The maximum absolute atomic E-state index is 14.2. The highest BCUT2D eigenvalue weighted by molar-refractivity contribution is 5.90. The van der Waals surface area contributed by atoms with Gasteiger partial charge in [0.2, 0.25) is 0 Å². The van der Waals surface area contributed by atoms with Crippen LogP contribution < -0.4 is 25.7 Å². The van der Waals surface area contributed by atoms with Crippen LogP contribution in [-0.4, -0.2) is 38.9 Å². The second-order valence-electron chi connectivity index (χ2n) is 10.3. The van der Waals surface area contributed by atoms with Crippen molar-refractivity contribution < 1.29 is 9.57 Å². The molecule has 1 aromatic carbocycles. The van der Waals surface area contributed by atoms with Crippen molar-refractivity contribution in [1.29, 1.82) is 5.26 Å². The number of aromatic nitrogens is 5. The van der Waals surface area contributed by atoms with Crippen LogP contribution >= 0.6 is 0 Å². The largest absolute Gasteiger partial charge is 0.357 e. The van der Waals surface area contributed by atoms with Gasteiger partial charge in [-0.2, -0.15) is 5.26 Å². The lowest BCUT2D eigenvalue weighted by molar-refractivity contribution is -0.895. The third kappa shape index (κ3) is 4.38. The molecule has 5 rings (SSSR count). The molecular weight excluding hydrogens is 494 g/mol. The van der Waals surface area contributed by atoms with Gasteiger partial charge in [0.05, 0.1) is 10.9 Å². The second-order valence-corrected chi connectivity index (χ2v) is 10.3. The van der Waals surface area contributed by atoms with E-state index in [9.17, 15) is 14.9 Å². The summed E-state index contributed by atoms with van der Waals surface area (Å²) in [6.45, 7) is 7.86. The highest BCUT2D eigenvalue weighted by Crippen LogP contribution is 2.32. The van der Waals surface area contributed by atoms with Crippen LogP contribution in [0.25, 0.3) is 21.9 Å². The van der Waals surface area contributed by atoms with E-state index in [-0.39, 0.29) is 6.54 Å². The first kappa shape index (κ1) is 26.2. The van der Waals surface area contributed by atoms with Crippen LogP contribution in [0, 0.1) is 18.3 Å². The predicted octanol–water partition coefficient (Wildman–Crippen LogP) is 2.58. The SMILES string of the molecule is CO[n+]1c(Cn2c(=O)c3c(c(C#N)c(N4CCCCC4)n3CC=C(C)C)n(C)c2=O)nc2ccccc2c1C. The Kier molecular flexibility index (Phi) is 7.00. The smallest absolute Gasteiger partial charge is 0.357 e. The maximum Gasteiger partial charge on any atom is 0.357 e. The number of hydrogen-bond donors (Lipinski definition) is 0. The average Bonchev–Trinajstić information content (AvgIpc) is 3.28. The summed E-state index contributed by atoms with van der Waals surface area (Å²) < 4.78 is 6.08. The number of aryl methyl sites for hydroxylation is 2. The first-order valence-corrected chi connectivity index (χ1v) is 13.3. The van der Waals surface area contributed by atoms with Gasteiger partial charge in [-0.1, -0.05) is 23.8 Å². The van der Waals surface area contributed by atoms with Gasteiger partial charge in [-0.25, -0.2) is 9.36 Å². The number of hydrogen-bond acceptors (Lipinski definition) is 6. The van der Waals surface area contributed by atoms with Crippen LogP contribution in [0.5, 0.6) is 0 Å². The first-order valence-electron chi connectivity index (χ1n) is 13.3. The molecule has 0 aliphatic carbocycles. The molecule has 1 aliphatic heterocycles.